The summed E-state index contributed by atoms with van der Waals surface area (Å²) in [6, 6.07) is 8.23. The molecule has 1 atom stereocenters. The second-order valence-electron chi connectivity index (χ2n) is 8.43. The predicted octanol–water partition coefficient (Wildman–Crippen LogP) is 6.14. The zero-order chi connectivity index (χ0) is 23.9. The normalized spacial score (nSPS) is 15.0. The lowest BCUT2D eigenvalue weighted by Crippen LogP contribution is -2.37. The number of ether oxygens (including phenoxy) is 1. The summed E-state index contributed by atoms with van der Waals surface area (Å²) in [5.41, 5.74) is 3.45. The molecule has 0 radical (unpaired) electrons. The Hall–Kier alpha value is -2.71. The molecular formula is C24H24ClFN4O2S. The fourth-order valence-electron chi connectivity index (χ4n) is 3.84. The van der Waals surface area contributed by atoms with Crippen molar-refractivity contribution < 1.29 is 13.9 Å². The van der Waals surface area contributed by atoms with E-state index >= 15 is 4.39 Å². The Morgan fingerprint density at radius 2 is 2.03 bits per heavy atom. The van der Waals surface area contributed by atoms with E-state index in [1.807, 2.05) is 26.0 Å². The van der Waals surface area contributed by atoms with Crippen molar-refractivity contribution in [2.75, 3.05) is 10.7 Å². The lowest BCUT2D eigenvalue weighted by Gasteiger charge is -2.31. The van der Waals surface area contributed by atoms with Gasteiger partial charge < -0.3 is 4.74 Å². The van der Waals surface area contributed by atoms with Gasteiger partial charge in [0.15, 0.2) is 5.69 Å². The van der Waals surface area contributed by atoms with Crippen LogP contribution in [0.15, 0.2) is 35.5 Å². The molecule has 0 fully saturated rings. The van der Waals surface area contributed by atoms with Gasteiger partial charge in [0.1, 0.15) is 5.82 Å². The minimum absolute atomic E-state index is 0.0585. The van der Waals surface area contributed by atoms with Gasteiger partial charge in [-0.05, 0) is 43.5 Å². The first-order valence-corrected chi connectivity index (χ1v) is 11.9. The van der Waals surface area contributed by atoms with Crippen molar-refractivity contribution in [3.63, 3.8) is 0 Å². The number of carbonyl (C=O) groups excluding carboxylic acids is 1. The van der Waals surface area contributed by atoms with Crippen molar-refractivity contribution in [3.8, 4) is 17.1 Å². The highest BCUT2D eigenvalue weighted by Crippen LogP contribution is 2.46. The molecule has 1 aliphatic rings. The van der Waals surface area contributed by atoms with Crippen LogP contribution < -0.4 is 9.64 Å². The van der Waals surface area contributed by atoms with Crippen LogP contribution >= 0.6 is 23.4 Å². The molecule has 0 aliphatic carbocycles. The molecule has 9 heteroatoms. The number of anilines is 1. The number of amides is 1. The lowest BCUT2D eigenvalue weighted by molar-refractivity contribution is -0.118. The van der Waals surface area contributed by atoms with Crippen LogP contribution in [0.3, 0.4) is 0 Å². The van der Waals surface area contributed by atoms with Crippen LogP contribution in [0, 0.1) is 25.6 Å². The molecule has 0 N–H and O–H groups in total. The average molecular weight is 487 g/mol. The van der Waals surface area contributed by atoms with Gasteiger partial charge in [-0.1, -0.05) is 54.9 Å². The van der Waals surface area contributed by atoms with Gasteiger partial charge in [0.2, 0.25) is 23.2 Å². The maximum absolute atomic E-state index is 15.1. The monoisotopic (exact) mass is 486 g/mol. The molecule has 0 saturated heterocycles. The van der Waals surface area contributed by atoms with Crippen LogP contribution in [0.2, 0.25) is 5.02 Å². The minimum Gasteiger partial charge on any atom is -0.447 e. The summed E-state index contributed by atoms with van der Waals surface area (Å²) >= 11 is 7.87. The fraction of sp³-hybridized carbons (Fsp3) is 0.333. The standard InChI is InChI=1S/C24H24ClFN4O2S/c1-12(2)11-33-24-27-22-20(28-29-24)16-10-13(3)9-14(4)21(16)30(15(5)31)23(32-22)19-17(25)7-6-8-18(19)26/h6-10,12,23H,11H2,1-5H3. The highest BCUT2D eigenvalue weighted by molar-refractivity contribution is 7.99. The maximum atomic E-state index is 15.1. The van der Waals surface area contributed by atoms with Crippen LogP contribution in [-0.4, -0.2) is 26.8 Å². The van der Waals surface area contributed by atoms with Gasteiger partial charge in [-0.25, -0.2) is 4.39 Å². The fourth-order valence-corrected chi connectivity index (χ4v) is 4.83. The van der Waals surface area contributed by atoms with Crippen LogP contribution in [0.25, 0.3) is 11.3 Å². The SMILES string of the molecule is CC(=O)N1c2c(C)cc(C)cc2-c2nnc(SCC(C)C)nc2OC1c1c(F)cccc1Cl. The summed E-state index contributed by atoms with van der Waals surface area (Å²) < 4.78 is 21.3. The number of benzene rings is 2. The second kappa shape index (κ2) is 9.27. The van der Waals surface area contributed by atoms with Crippen molar-refractivity contribution in [1.82, 2.24) is 15.2 Å². The maximum Gasteiger partial charge on any atom is 0.247 e. The second-order valence-corrected chi connectivity index (χ2v) is 9.82. The molecule has 3 aromatic rings. The van der Waals surface area contributed by atoms with Gasteiger partial charge in [0.05, 0.1) is 16.3 Å². The van der Waals surface area contributed by atoms with Crippen molar-refractivity contribution in [1.29, 1.82) is 0 Å². The smallest absolute Gasteiger partial charge is 0.247 e. The summed E-state index contributed by atoms with van der Waals surface area (Å²) in [6.45, 7) is 9.45. The van der Waals surface area contributed by atoms with Gasteiger partial charge in [-0.2, -0.15) is 4.98 Å². The largest absolute Gasteiger partial charge is 0.447 e. The summed E-state index contributed by atoms with van der Waals surface area (Å²) in [4.78, 5) is 19.0. The van der Waals surface area contributed by atoms with Gasteiger partial charge >= 0.3 is 0 Å². The molecule has 1 aromatic heterocycles. The summed E-state index contributed by atoms with van der Waals surface area (Å²) in [7, 11) is 0. The molecule has 1 amide bonds. The third kappa shape index (κ3) is 4.54. The Morgan fingerprint density at radius 1 is 1.27 bits per heavy atom. The first-order chi connectivity index (χ1) is 15.7. The average Bonchev–Trinajstić information content (AvgIpc) is 2.86. The summed E-state index contributed by atoms with van der Waals surface area (Å²) in [5, 5.41) is 9.31. The van der Waals surface area contributed by atoms with Crippen LogP contribution in [0.1, 0.15) is 43.7 Å². The molecule has 0 bridgehead atoms. The highest BCUT2D eigenvalue weighted by Gasteiger charge is 2.38. The number of hydrogen-bond acceptors (Lipinski definition) is 6. The van der Waals surface area contributed by atoms with E-state index in [4.69, 9.17) is 16.3 Å². The number of nitrogens with zero attached hydrogens (tertiary/aromatic N) is 4. The first kappa shape index (κ1) is 23.4. The van der Waals surface area contributed by atoms with E-state index in [0.717, 1.165) is 16.9 Å². The Labute approximate surface area is 201 Å². The first-order valence-electron chi connectivity index (χ1n) is 10.6. The molecular weight excluding hydrogens is 463 g/mol. The van der Waals surface area contributed by atoms with E-state index in [-0.39, 0.29) is 22.4 Å². The topological polar surface area (TPSA) is 68.2 Å². The molecule has 2 aromatic carbocycles. The van der Waals surface area contributed by atoms with E-state index in [1.165, 1.54) is 35.7 Å². The molecule has 2 heterocycles. The highest BCUT2D eigenvalue weighted by atomic mass is 35.5. The van der Waals surface area contributed by atoms with E-state index in [0.29, 0.717) is 28.0 Å². The van der Waals surface area contributed by atoms with Crippen LogP contribution in [0.5, 0.6) is 5.88 Å². The molecule has 0 saturated carbocycles. The molecule has 6 nitrogen and oxygen atoms in total. The number of halogens is 2. The zero-order valence-corrected chi connectivity index (χ0v) is 20.6. The van der Waals surface area contributed by atoms with Crippen molar-refractivity contribution in [2.24, 2.45) is 5.92 Å². The van der Waals surface area contributed by atoms with Crippen molar-refractivity contribution >= 4 is 35.0 Å². The Morgan fingerprint density at radius 3 is 2.70 bits per heavy atom. The van der Waals surface area contributed by atoms with Gasteiger partial charge in [-0.3, -0.25) is 9.69 Å². The Bertz CT molecular complexity index is 1220. The summed E-state index contributed by atoms with van der Waals surface area (Å²) in [6.07, 6.45) is -1.17. The molecule has 172 valence electrons. The van der Waals surface area contributed by atoms with Gasteiger partial charge in [0, 0.05) is 18.2 Å². The van der Waals surface area contributed by atoms with E-state index in [1.54, 1.807) is 6.07 Å². The Kier molecular flexibility index (Phi) is 6.59. The third-order valence-corrected chi connectivity index (χ3v) is 6.76. The predicted molar refractivity (Wildman–Crippen MR) is 128 cm³/mol. The van der Waals surface area contributed by atoms with E-state index in [9.17, 15) is 4.79 Å². The number of thioether (sulfide) groups is 1. The van der Waals surface area contributed by atoms with Gasteiger partial charge in [0.25, 0.3) is 0 Å². The molecule has 33 heavy (non-hydrogen) atoms. The van der Waals surface area contributed by atoms with Crippen molar-refractivity contribution in [3.05, 3.63) is 57.9 Å². The van der Waals surface area contributed by atoms with E-state index < -0.39 is 12.0 Å². The number of carbonyl (C=O) groups is 1. The number of aryl methyl sites for hydroxylation is 2. The molecule has 1 aliphatic heterocycles. The number of aromatic nitrogens is 3. The summed E-state index contributed by atoms with van der Waals surface area (Å²) in [5.74, 6) is 0.503. The third-order valence-electron chi connectivity index (χ3n) is 5.17. The van der Waals surface area contributed by atoms with E-state index in [2.05, 4.69) is 29.0 Å². The Balaban J connectivity index is 1.99. The minimum atomic E-state index is -1.17. The molecule has 4 rings (SSSR count). The lowest BCUT2D eigenvalue weighted by atomic mass is 10.00. The van der Waals surface area contributed by atoms with Crippen LogP contribution in [0.4, 0.5) is 10.1 Å². The quantitative estimate of drug-likeness (QED) is 0.412. The number of fused-ring (bicyclic) bond motifs is 3. The van der Waals surface area contributed by atoms with Crippen LogP contribution in [-0.2, 0) is 4.79 Å². The zero-order valence-electron chi connectivity index (χ0n) is 19.0. The molecule has 0 spiro atoms. The number of hydrogen-bond donors (Lipinski definition) is 0. The molecule has 1 unspecified atom stereocenters. The number of rotatable bonds is 4. The van der Waals surface area contributed by atoms with Gasteiger partial charge in [-0.15, -0.1) is 10.2 Å². The van der Waals surface area contributed by atoms with Crippen molar-refractivity contribution in [2.45, 2.75) is 46.0 Å².